The number of nitrogens with zero attached hydrogens (tertiary/aromatic N) is 4. The van der Waals surface area contributed by atoms with Crippen molar-refractivity contribution < 1.29 is 38.0 Å². The van der Waals surface area contributed by atoms with Gasteiger partial charge in [-0.2, -0.15) is 0 Å². The summed E-state index contributed by atoms with van der Waals surface area (Å²) in [6, 6.07) is 7.07. The van der Waals surface area contributed by atoms with Gasteiger partial charge in [0.25, 0.3) is 0 Å². The van der Waals surface area contributed by atoms with Crippen LogP contribution in [-0.4, -0.2) is 140 Å². The second-order valence-electron chi connectivity index (χ2n) is 11.7. The molecule has 0 N–H and O–H groups in total. The fourth-order valence-corrected chi connectivity index (χ4v) is 5.89. The van der Waals surface area contributed by atoms with Crippen molar-refractivity contribution in [3.05, 3.63) is 59.7 Å². The Hall–Kier alpha value is -5.30. The van der Waals surface area contributed by atoms with Gasteiger partial charge in [-0.1, -0.05) is 23.7 Å². The number of allylic oxidation sites excluding steroid dienone is 2. The summed E-state index contributed by atoms with van der Waals surface area (Å²) >= 11 is 0. The third kappa shape index (κ3) is 10.8. The van der Waals surface area contributed by atoms with Gasteiger partial charge >= 0.3 is 0 Å². The molecule has 0 radical (unpaired) electrons. The molecular formula is C39H48N4O8. The zero-order valence-corrected chi connectivity index (χ0v) is 30.5. The fourth-order valence-electron chi connectivity index (χ4n) is 5.89. The highest BCUT2D eigenvalue weighted by molar-refractivity contribution is 5.88. The van der Waals surface area contributed by atoms with Gasteiger partial charge in [-0.25, -0.2) is 0 Å². The van der Waals surface area contributed by atoms with Gasteiger partial charge < -0.3 is 38.2 Å². The number of carbonyl (C=O) groups is 2. The highest BCUT2D eigenvalue weighted by atomic mass is 16.5. The third-order valence-corrected chi connectivity index (χ3v) is 8.70. The smallest absolute Gasteiger partial charge is 0.247 e. The molecule has 2 saturated heterocycles. The predicted molar refractivity (Wildman–Crippen MR) is 195 cm³/mol. The number of methoxy groups -OCH3 is 6. The summed E-state index contributed by atoms with van der Waals surface area (Å²) < 4.78 is 32.2. The summed E-state index contributed by atoms with van der Waals surface area (Å²) in [5.74, 6) is 14.9. The van der Waals surface area contributed by atoms with Crippen LogP contribution in [0.4, 0.5) is 0 Å². The normalized spacial score (nSPS) is 15.1. The summed E-state index contributed by atoms with van der Waals surface area (Å²) in [6.45, 7) is 8.06. The van der Waals surface area contributed by atoms with Gasteiger partial charge in [0.05, 0.1) is 42.7 Å². The van der Waals surface area contributed by atoms with Crippen LogP contribution in [0.5, 0.6) is 34.5 Å². The van der Waals surface area contributed by atoms with E-state index in [9.17, 15) is 9.59 Å². The lowest BCUT2D eigenvalue weighted by molar-refractivity contribution is -0.128. The lowest BCUT2D eigenvalue weighted by atomic mass is 10.2. The molecule has 0 aliphatic carbocycles. The first-order valence-electron chi connectivity index (χ1n) is 16.8. The van der Waals surface area contributed by atoms with Crippen molar-refractivity contribution in [2.24, 2.45) is 0 Å². The molecule has 51 heavy (non-hydrogen) atoms. The molecule has 2 heterocycles. The van der Waals surface area contributed by atoms with Crippen molar-refractivity contribution in [2.75, 3.05) is 108 Å². The molecule has 0 aromatic heterocycles. The molecule has 2 aliphatic rings. The molecular weight excluding hydrogens is 652 g/mol. The number of rotatable bonds is 12. The monoisotopic (exact) mass is 700 g/mol. The molecule has 2 aliphatic heterocycles. The van der Waals surface area contributed by atoms with E-state index in [-0.39, 0.29) is 11.8 Å². The molecule has 0 bridgehead atoms. The van der Waals surface area contributed by atoms with Crippen molar-refractivity contribution in [1.29, 1.82) is 0 Å². The quantitative estimate of drug-likeness (QED) is 0.243. The Morgan fingerprint density at radius 1 is 0.549 bits per heavy atom. The zero-order valence-electron chi connectivity index (χ0n) is 30.5. The van der Waals surface area contributed by atoms with Gasteiger partial charge in [-0.05, 0) is 55.9 Å². The Labute approximate surface area is 301 Å². The number of piperazine rings is 2. The van der Waals surface area contributed by atoms with E-state index in [0.29, 0.717) is 71.8 Å². The van der Waals surface area contributed by atoms with Crippen molar-refractivity contribution in [3.8, 4) is 58.2 Å². The van der Waals surface area contributed by atoms with E-state index in [1.165, 1.54) is 12.2 Å². The van der Waals surface area contributed by atoms with Crippen LogP contribution in [0.3, 0.4) is 0 Å². The Morgan fingerprint density at radius 2 is 0.882 bits per heavy atom. The van der Waals surface area contributed by atoms with Crippen molar-refractivity contribution in [2.45, 2.75) is 6.42 Å². The van der Waals surface area contributed by atoms with E-state index >= 15 is 0 Å². The highest BCUT2D eigenvalue weighted by Crippen LogP contribution is 2.38. The van der Waals surface area contributed by atoms with Crippen molar-refractivity contribution in [1.82, 2.24) is 19.6 Å². The molecule has 272 valence electrons. The van der Waals surface area contributed by atoms with Gasteiger partial charge in [-0.3, -0.25) is 19.4 Å². The number of benzene rings is 2. The van der Waals surface area contributed by atoms with Crippen LogP contribution in [0.15, 0.2) is 48.6 Å². The van der Waals surface area contributed by atoms with Crippen LogP contribution in [0.25, 0.3) is 0 Å². The maximum absolute atomic E-state index is 12.7. The first-order chi connectivity index (χ1) is 24.8. The van der Waals surface area contributed by atoms with Gasteiger partial charge in [0.15, 0.2) is 23.0 Å². The van der Waals surface area contributed by atoms with Crippen molar-refractivity contribution >= 4 is 11.8 Å². The summed E-state index contributed by atoms with van der Waals surface area (Å²) in [5.41, 5.74) is 1.38. The molecule has 2 amide bonds. The van der Waals surface area contributed by atoms with E-state index in [1.807, 2.05) is 9.80 Å². The molecule has 2 aromatic rings. The average molecular weight is 701 g/mol. The lowest BCUT2D eigenvalue weighted by Crippen LogP contribution is -2.50. The third-order valence-electron chi connectivity index (χ3n) is 8.70. The van der Waals surface area contributed by atoms with Crippen LogP contribution in [0.1, 0.15) is 17.5 Å². The minimum Gasteiger partial charge on any atom is -0.493 e. The number of hydrogen-bond acceptors (Lipinski definition) is 10. The average Bonchev–Trinajstić information content (AvgIpc) is 3.17. The molecule has 12 heteroatoms. The standard InChI is InChI=1S/C39H48N4O8/c1-46-32-26-30(27-33(47-2)38(32)50-5)12-7-9-14-36(44)42-22-18-40(19-23-42)16-11-17-41-20-24-43(25-21-41)37(45)15-10-8-13-31-28-34(48-3)39(51-6)35(29-31)49-4/h9-10,14-15,26-29H,11,16-25H2,1-6H3. The number of hydrogen-bond donors (Lipinski definition) is 0. The van der Waals surface area contributed by atoms with E-state index < -0.39 is 0 Å². The van der Waals surface area contributed by atoms with Crippen LogP contribution < -0.4 is 28.4 Å². The predicted octanol–water partition coefficient (Wildman–Crippen LogP) is 2.93. The summed E-state index contributed by atoms with van der Waals surface area (Å²) in [4.78, 5) is 34.0. The molecule has 0 spiro atoms. The van der Waals surface area contributed by atoms with Crippen LogP contribution in [-0.2, 0) is 9.59 Å². The molecule has 2 aromatic carbocycles. The van der Waals surface area contributed by atoms with Crippen molar-refractivity contribution in [3.63, 3.8) is 0 Å². The maximum atomic E-state index is 12.7. The molecule has 2 fully saturated rings. The minimum atomic E-state index is -0.0401. The lowest BCUT2D eigenvalue weighted by Gasteiger charge is -2.36. The number of carbonyl (C=O) groups excluding carboxylic acids is 2. The SMILES string of the molecule is COc1cc(C#CC=CC(=O)N2CCN(CCCN3CCN(C(=O)C=CC#Cc4cc(OC)c(OC)c(OC)c4)CC3)CC2)cc(OC)c1OC. The molecule has 4 rings (SSSR count). The number of ether oxygens (including phenoxy) is 6. The number of amides is 2. The van der Waals surface area contributed by atoms with Gasteiger partial charge in [0.1, 0.15) is 0 Å². The van der Waals surface area contributed by atoms with E-state index in [2.05, 4.69) is 33.5 Å². The summed E-state index contributed by atoms with van der Waals surface area (Å²) in [5, 5.41) is 0. The van der Waals surface area contributed by atoms with E-state index in [1.54, 1.807) is 79.1 Å². The Bertz CT molecular complexity index is 1510. The topological polar surface area (TPSA) is 102 Å². The second kappa shape index (κ2) is 19.8. The maximum Gasteiger partial charge on any atom is 0.247 e. The summed E-state index contributed by atoms with van der Waals surface area (Å²) in [7, 11) is 9.33. The minimum absolute atomic E-state index is 0.0401. The molecule has 0 saturated carbocycles. The fraction of sp³-hybridized carbons (Fsp3) is 0.436. The zero-order chi connectivity index (χ0) is 36.6. The second-order valence-corrected chi connectivity index (χ2v) is 11.7. The van der Waals surface area contributed by atoms with Crippen LogP contribution >= 0.6 is 0 Å². The summed E-state index contributed by atoms with van der Waals surface area (Å²) in [6.07, 6.45) is 7.23. The van der Waals surface area contributed by atoms with E-state index in [4.69, 9.17) is 28.4 Å². The highest BCUT2D eigenvalue weighted by Gasteiger charge is 2.22. The van der Waals surface area contributed by atoms with Crippen LogP contribution in [0, 0.1) is 23.7 Å². The first kappa shape index (κ1) is 38.5. The Balaban J connectivity index is 1.13. The molecule has 12 nitrogen and oxygen atoms in total. The van der Waals surface area contributed by atoms with Gasteiger partial charge in [-0.15, -0.1) is 0 Å². The van der Waals surface area contributed by atoms with Gasteiger partial charge in [0.2, 0.25) is 23.3 Å². The van der Waals surface area contributed by atoms with E-state index in [0.717, 1.165) is 45.7 Å². The largest absolute Gasteiger partial charge is 0.493 e. The Kier molecular flexibility index (Phi) is 14.9. The molecule has 0 atom stereocenters. The van der Waals surface area contributed by atoms with Gasteiger partial charge in [0, 0.05) is 75.6 Å². The Morgan fingerprint density at radius 3 is 1.18 bits per heavy atom. The van der Waals surface area contributed by atoms with Crippen LogP contribution in [0.2, 0.25) is 0 Å². The molecule has 0 unspecified atom stereocenters. The first-order valence-corrected chi connectivity index (χ1v) is 16.8.